The zero-order valence-corrected chi connectivity index (χ0v) is 8.79. The number of hydrogen-bond donors (Lipinski definition) is 0. The normalized spacial score (nSPS) is 15.1. The molecule has 2 heterocycles. The summed E-state index contributed by atoms with van der Waals surface area (Å²) in [7, 11) is 1.66. The zero-order chi connectivity index (χ0) is 9.97. The van der Waals surface area contributed by atoms with Gasteiger partial charge >= 0.3 is 0 Å². The van der Waals surface area contributed by atoms with E-state index in [1.807, 2.05) is 6.20 Å². The molecule has 1 aromatic heterocycles. The fraction of sp³-hybridized carbons (Fsp3) is 0.545. The van der Waals surface area contributed by atoms with Crippen molar-refractivity contribution >= 4 is 5.69 Å². The molecule has 76 valence electrons. The molecule has 0 radical (unpaired) electrons. The Morgan fingerprint density at radius 3 is 3.14 bits per heavy atom. The van der Waals surface area contributed by atoms with Crippen LogP contribution >= 0.6 is 0 Å². The summed E-state index contributed by atoms with van der Waals surface area (Å²) in [6.07, 6.45) is 4.30. The Morgan fingerprint density at radius 1 is 1.57 bits per heavy atom. The van der Waals surface area contributed by atoms with Crippen molar-refractivity contribution in [2.24, 2.45) is 0 Å². The van der Waals surface area contributed by atoms with Gasteiger partial charge in [0.25, 0.3) is 0 Å². The van der Waals surface area contributed by atoms with Crippen LogP contribution in [0.15, 0.2) is 12.3 Å². The first kappa shape index (κ1) is 9.31. The number of fused-ring (bicyclic) bond motifs is 1. The Hall–Kier alpha value is -1.25. The van der Waals surface area contributed by atoms with Gasteiger partial charge in [-0.25, -0.2) is 4.98 Å². The number of anilines is 1. The van der Waals surface area contributed by atoms with Gasteiger partial charge < -0.3 is 9.64 Å². The van der Waals surface area contributed by atoms with E-state index in [9.17, 15) is 0 Å². The van der Waals surface area contributed by atoms with Crippen molar-refractivity contribution in [2.75, 3.05) is 25.1 Å². The van der Waals surface area contributed by atoms with Gasteiger partial charge in [0.15, 0.2) is 0 Å². The van der Waals surface area contributed by atoms with Crippen LogP contribution < -0.4 is 9.64 Å². The average molecular weight is 192 g/mol. The van der Waals surface area contributed by atoms with Gasteiger partial charge in [-0.2, -0.15) is 0 Å². The van der Waals surface area contributed by atoms with E-state index in [-0.39, 0.29) is 0 Å². The topological polar surface area (TPSA) is 25.4 Å². The number of nitrogens with zero attached hydrogens (tertiary/aromatic N) is 2. The molecule has 2 rings (SSSR count). The van der Waals surface area contributed by atoms with Crippen molar-refractivity contribution in [1.82, 2.24) is 4.98 Å². The third-order valence-corrected chi connectivity index (χ3v) is 2.75. The maximum absolute atomic E-state index is 5.12. The first-order chi connectivity index (χ1) is 6.85. The molecule has 0 aliphatic carbocycles. The molecule has 1 aliphatic heterocycles. The number of rotatable bonds is 2. The maximum Gasteiger partial charge on any atom is 0.213 e. The summed E-state index contributed by atoms with van der Waals surface area (Å²) in [5.41, 5.74) is 2.64. The van der Waals surface area contributed by atoms with Crippen molar-refractivity contribution < 1.29 is 4.74 Å². The summed E-state index contributed by atoms with van der Waals surface area (Å²) in [4.78, 5) is 6.61. The van der Waals surface area contributed by atoms with Crippen molar-refractivity contribution in [2.45, 2.75) is 19.8 Å². The summed E-state index contributed by atoms with van der Waals surface area (Å²) < 4.78 is 5.12. The minimum Gasteiger partial charge on any atom is -0.481 e. The van der Waals surface area contributed by atoms with Crippen LogP contribution in [-0.2, 0) is 6.42 Å². The van der Waals surface area contributed by atoms with Gasteiger partial charge in [0.05, 0.1) is 19.0 Å². The number of hydrogen-bond acceptors (Lipinski definition) is 3. The number of aromatic nitrogens is 1. The van der Waals surface area contributed by atoms with Crippen LogP contribution in [0.3, 0.4) is 0 Å². The van der Waals surface area contributed by atoms with Crippen LogP contribution in [-0.4, -0.2) is 25.2 Å². The number of methoxy groups -OCH3 is 1. The quantitative estimate of drug-likeness (QED) is 0.715. The molecular weight excluding hydrogens is 176 g/mol. The molecule has 0 atom stereocenters. The van der Waals surface area contributed by atoms with E-state index in [2.05, 4.69) is 22.9 Å². The lowest BCUT2D eigenvalue weighted by Crippen LogP contribution is -2.29. The summed E-state index contributed by atoms with van der Waals surface area (Å²) >= 11 is 0. The molecule has 0 amide bonds. The van der Waals surface area contributed by atoms with E-state index in [1.54, 1.807) is 7.11 Å². The highest BCUT2D eigenvalue weighted by Crippen LogP contribution is 2.28. The Bertz CT molecular complexity index is 325. The molecule has 0 saturated heterocycles. The Balaban J connectivity index is 2.35. The van der Waals surface area contributed by atoms with Crippen molar-refractivity contribution in [1.29, 1.82) is 0 Å². The van der Waals surface area contributed by atoms with Gasteiger partial charge in [-0.1, -0.05) is 0 Å². The molecule has 0 bridgehead atoms. The molecular formula is C11H16N2O. The van der Waals surface area contributed by atoms with Crippen LogP contribution in [0.2, 0.25) is 0 Å². The summed E-state index contributed by atoms with van der Waals surface area (Å²) in [5.74, 6) is 0.724. The fourth-order valence-electron chi connectivity index (χ4n) is 1.97. The van der Waals surface area contributed by atoms with E-state index in [1.165, 1.54) is 17.7 Å². The largest absolute Gasteiger partial charge is 0.481 e. The Kier molecular flexibility index (Phi) is 2.57. The molecule has 0 spiro atoms. The van der Waals surface area contributed by atoms with Crippen LogP contribution in [0.4, 0.5) is 5.69 Å². The monoisotopic (exact) mass is 192 g/mol. The van der Waals surface area contributed by atoms with Gasteiger partial charge in [0.2, 0.25) is 5.88 Å². The van der Waals surface area contributed by atoms with Gasteiger partial charge in [-0.15, -0.1) is 0 Å². The Labute approximate surface area is 84.7 Å². The highest BCUT2D eigenvalue weighted by molar-refractivity contribution is 5.55. The van der Waals surface area contributed by atoms with Crippen molar-refractivity contribution in [3.05, 3.63) is 17.8 Å². The van der Waals surface area contributed by atoms with Crippen LogP contribution in [0.5, 0.6) is 5.88 Å². The highest BCUT2D eigenvalue weighted by Gasteiger charge is 2.16. The Morgan fingerprint density at radius 2 is 2.43 bits per heavy atom. The lowest BCUT2D eigenvalue weighted by atomic mass is 10.0. The standard InChI is InChI=1S/C11H16N2O/c1-3-13-6-4-5-9-7-11(14-2)12-8-10(9)13/h7-8H,3-6H2,1-2H3. The smallest absolute Gasteiger partial charge is 0.213 e. The summed E-state index contributed by atoms with van der Waals surface area (Å²) in [6.45, 7) is 4.39. The SMILES string of the molecule is CCN1CCCc2cc(OC)ncc21. The predicted octanol–water partition coefficient (Wildman–Crippen LogP) is 1.86. The number of pyridine rings is 1. The molecule has 3 nitrogen and oxygen atoms in total. The zero-order valence-electron chi connectivity index (χ0n) is 8.79. The minimum absolute atomic E-state index is 0.724. The second-order valence-corrected chi connectivity index (χ2v) is 3.54. The van der Waals surface area contributed by atoms with E-state index in [0.717, 1.165) is 25.4 Å². The highest BCUT2D eigenvalue weighted by atomic mass is 16.5. The predicted molar refractivity (Wildman–Crippen MR) is 57.0 cm³/mol. The minimum atomic E-state index is 0.724. The summed E-state index contributed by atoms with van der Waals surface area (Å²) in [5, 5.41) is 0. The van der Waals surface area contributed by atoms with Gasteiger partial charge in [0, 0.05) is 19.2 Å². The summed E-state index contributed by atoms with van der Waals surface area (Å²) in [6, 6.07) is 2.05. The molecule has 0 fully saturated rings. The van der Waals surface area contributed by atoms with Gasteiger partial charge in [0.1, 0.15) is 0 Å². The fourth-order valence-corrected chi connectivity index (χ4v) is 1.97. The van der Waals surface area contributed by atoms with Crippen LogP contribution in [0, 0.1) is 0 Å². The molecule has 3 heteroatoms. The molecule has 0 unspecified atom stereocenters. The third-order valence-electron chi connectivity index (χ3n) is 2.75. The molecule has 0 aromatic carbocycles. The molecule has 0 N–H and O–H groups in total. The number of aryl methyl sites for hydroxylation is 1. The number of ether oxygens (including phenoxy) is 1. The average Bonchev–Trinajstić information content (AvgIpc) is 2.27. The maximum atomic E-state index is 5.12. The van der Waals surface area contributed by atoms with Crippen molar-refractivity contribution in [3.8, 4) is 5.88 Å². The second kappa shape index (κ2) is 3.86. The van der Waals surface area contributed by atoms with E-state index in [4.69, 9.17) is 4.74 Å². The van der Waals surface area contributed by atoms with E-state index < -0.39 is 0 Å². The molecule has 14 heavy (non-hydrogen) atoms. The third kappa shape index (κ3) is 1.54. The van der Waals surface area contributed by atoms with Crippen LogP contribution in [0.25, 0.3) is 0 Å². The molecule has 1 aromatic rings. The van der Waals surface area contributed by atoms with Gasteiger partial charge in [-0.05, 0) is 25.3 Å². The first-order valence-corrected chi connectivity index (χ1v) is 5.13. The lowest BCUT2D eigenvalue weighted by Gasteiger charge is -2.29. The molecule has 1 aliphatic rings. The van der Waals surface area contributed by atoms with E-state index >= 15 is 0 Å². The van der Waals surface area contributed by atoms with Crippen LogP contribution in [0.1, 0.15) is 18.9 Å². The first-order valence-electron chi connectivity index (χ1n) is 5.13. The molecule has 0 saturated carbocycles. The second-order valence-electron chi connectivity index (χ2n) is 3.54. The lowest BCUT2D eigenvalue weighted by molar-refractivity contribution is 0.397. The van der Waals surface area contributed by atoms with E-state index in [0.29, 0.717) is 0 Å². The van der Waals surface area contributed by atoms with Crippen molar-refractivity contribution in [3.63, 3.8) is 0 Å². The van der Waals surface area contributed by atoms with Gasteiger partial charge in [-0.3, -0.25) is 0 Å².